The zero-order chi connectivity index (χ0) is 12.5. The number of aromatic nitrogens is 1. The number of ketones is 1. The average Bonchev–Trinajstić information content (AvgIpc) is 2.97. The first-order valence-corrected chi connectivity index (χ1v) is 5.63. The van der Waals surface area contributed by atoms with E-state index in [2.05, 4.69) is 10.3 Å². The Bertz CT molecular complexity index is 641. The van der Waals surface area contributed by atoms with Crippen LogP contribution >= 0.6 is 0 Å². The molecule has 0 spiro atoms. The third-order valence-corrected chi connectivity index (χ3v) is 2.89. The molecule has 1 aliphatic heterocycles. The van der Waals surface area contributed by atoms with E-state index in [1.165, 1.54) is 0 Å². The van der Waals surface area contributed by atoms with E-state index in [-0.39, 0.29) is 5.78 Å². The van der Waals surface area contributed by atoms with Gasteiger partial charge in [-0.05, 0) is 24.3 Å². The smallest absolute Gasteiger partial charge is 0.211 e. The van der Waals surface area contributed by atoms with Crippen molar-refractivity contribution >= 4 is 17.5 Å². The van der Waals surface area contributed by atoms with Gasteiger partial charge in [-0.15, -0.1) is 0 Å². The standard InChI is InChI=1S/C14H12N2O2/c1-18-13-7-6-9(15-13)8-12-14(17)10-4-2-3-5-11(10)16-12/h2-8,15-16H,1H3/b12-8+. The van der Waals surface area contributed by atoms with Gasteiger partial charge in [-0.2, -0.15) is 0 Å². The number of nitrogens with one attached hydrogen (secondary N) is 2. The molecular weight excluding hydrogens is 228 g/mol. The molecule has 3 rings (SSSR count). The van der Waals surface area contributed by atoms with Gasteiger partial charge < -0.3 is 15.0 Å². The van der Waals surface area contributed by atoms with Crippen LogP contribution in [0.1, 0.15) is 16.1 Å². The molecule has 2 aromatic rings. The summed E-state index contributed by atoms with van der Waals surface area (Å²) in [5.41, 5.74) is 2.96. The summed E-state index contributed by atoms with van der Waals surface area (Å²) < 4.78 is 5.06. The van der Waals surface area contributed by atoms with Gasteiger partial charge in [0.05, 0.1) is 12.8 Å². The molecule has 2 N–H and O–H groups in total. The predicted octanol–water partition coefficient (Wildman–Crippen LogP) is 2.67. The molecule has 1 aliphatic rings. The van der Waals surface area contributed by atoms with Crippen molar-refractivity contribution in [2.45, 2.75) is 0 Å². The minimum Gasteiger partial charge on any atom is -0.482 e. The Morgan fingerprint density at radius 3 is 2.72 bits per heavy atom. The Hall–Kier alpha value is -2.49. The molecule has 0 atom stereocenters. The van der Waals surface area contributed by atoms with Gasteiger partial charge in [0.2, 0.25) is 5.78 Å². The number of Topliss-reactive ketones (excluding diaryl/α,β-unsaturated/α-hetero) is 1. The van der Waals surface area contributed by atoms with Crippen LogP contribution in [0.4, 0.5) is 5.69 Å². The molecule has 4 heteroatoms. The van der Waals surface area contributed by atoms with E-state index in [0.717, 1.165) is 11.4 Å². The van der Waals surface area contributed by atoms with Crippen molar-refractivity contribution in [2.75, 3.05) is 12.4 Å². The number of ether oxygens (including phenoxy) is 1. The van der Waals surface area contributed by atoms with E-state index in [1.807, 2.05) is 36.4 Å². The van der Waals surface area contributed by atoms with Gasteiger partial charge in [-0.3, -0.25) is 4.79 Å². The number of fused-ring (bicyclic) bond motifs is 1. The summed E-state index contributed by atoms with van der Waals surface area (Å²) in [6, 6.07) is 11.2. The van der Waals surface area contributed by atoms with Crippen molar-refractivity contribution in [1.29, 1.82) is 0 Å². The Morgan fingerprint density at radius 2 is 2.00 bits per heavy atom. The molecule has 0 unspecified atom stereocenters. The van der Waals surface area contributed by atoms with Crippen molar-refractivity contribution in [2.24, 2.45) is 0 Å². The molecule has 1 aromatic carbocycles. The molecule has 2 heterocycles. The summed E-state index contributed by atoms with van der Waals surface area (Å²) in [6.07, 6.45) is 1.78. The number of hydrogen-bond acceptors (Lipinski definition) is 3. The summed E-state index contributed by atoms with van der Waals surface area (Å²) in [7, 11) is 1.59. The van der Waals surface area contributed by atoms with Crippen LogP contribution in [-0.4, -0.2) is 17.9 Å². The highest BCUT2D eigenvalue weighted by molar-refractivity contribution is 6.20. The van der Waals surface area contributed by atoms with Gasteiger partial charge in [0.1, 0.15) is 0 Å². The molecule has 0 bridgehead atoms. The normalized spacial score (nSPS) is 15.6. The maximum atomic E-state index is 12.1. The Labute approximate surface area is 104 Å². The first kappa shape index (κ1) is 10.7. The third-order valence-electron chi connectivity index (χ3n) is 2.89. The summed E-state index contributed by atoms with van der Waals surface area (Å²) in [5.74, 6) is 0.684. The van der Waals surface area contributed by atoms with E-state index in [1.54, 1.807) is 13.2 Å². The van der Waals surface area contributed by atoms with E-state index in [4.69, 9.17) is 4.74 Å². The van der Waals surface area contributed by atoms with E-state index >= 15 is 0 Å². The van der Waals surface area contributed by atoms with Crippen LogP contribution in [0.2, 0.25) is 0 Å². The van der Waals surface area contributed by atoms with Crippen molar-refractivity contribution in [1.82, 2.24) is 4.98 Å². The maximum absolute atomic E-state index is 12.1. The van der Waals surface area contributed by atoms with Gasteiger partial charge in [-0.25, -0.2) is 0 Å². The molecule has 1 aromatic heterocycles. The fraction of sp³-hybridized carbons (Fsp3) is 0.0714. The number of allylic oxidation sites excluding steroid dienone is 1. The predicted molar refractivity (Wildman–Crippen MR) is 69.7 cm³/mol. The quantitative estimate of drug-likeness (QED) is 0.793. The lowest BCUT2D eigenvalue weighted by Crippen LogP contribution is -1.99. The van der Waals surface area contributed by atoms with Gasteiger partial charge in [0, 0.05) is 23.0 Å². The fourth-order valence-corrected chi connectivity index (χ4v) is 1.99. The van der Waals surface area contributed by atoms with Crippen LogP contribution < -0.4 is 10.1 Å². The van der Waals surface area contributed by atoms with Gasteiger partial charge >= 0.3 is 0 Å². The van der Waals surface area contributed by atoms with Crippen molar-refractivity contribution in [3.63, 3.8) is 0 Å². The summed E-state index contributed by atoms with van der Waals surface area (Å²) in [6.45, 7) is 0. The number of benzene rings is 1. The highest BCUT2D eigenvalue weighted by atomic mass is 16.5. The first-order valence-electron chi connectivity index (χ1n) is 5.63. The van der Waals surface area contributed by atoms with Gasteiger partial charge in [0.25, 0.3) is 0 Å². The summed E-state index contributed by atoms with van der Waals surface area (Å²) >= 11 is 0. The summed E-state index contributed by atoms with van der Waals surface area (Å²) in [5, 5.41) is 3.11. The largest absolute Gasteiger partial charge is 0.482 e. The number of para-hydroxylation sites is 1. The molecule has 0 amide bonds. The number of aromatic amines is 1. The fourth-order valence-electron chi connectivity index (χ4n) is 1.99. The topological polar surface area (TPSA) is 54.1 Å². The molecular formula is C14H12N2O2. The molecule has 0 aliphatic carbocycles. The summed E-state index contributed by atoms with van der Waals surface area (Å²) in [4.78, 5) is 15.1. The SMILES string of the molecule is COc1ccc(/C=C2/Nc3ccccc3C2=O)[nH]1. The number of anilines is 1. The molecule has 0 fully saturated rings. The highest BCUT2D eigenvalue weighted by Crippen LogP contribution is 2.28. The van der Waals surface area contributed by atoms with Crippen molar-refractivity contribution in [3.05, 3.63) is 53.4 Å². The molecule has 18 heavy (non-hydrogen) atoms. The second-order valence-corrected chi connectivity index (χ2v) is 4.04. The Morgan fingerprint density at radius 1 is 1.17 bits per heavy atom. The lowest BCUT2D eigenvalue weighted by atomic mass is 10.1. The van der Waals surface area contributed by atoms with Crippen LogP contribution in [0, 0.1) is 0 Å². The zero-order valence-corrected chi connectivity index (χ0v) is 9.86. The Kier molecular flexibility index (Phi) is 2.41. The Balaban J connectivity index is 1.94. The van der Waals surface area contributed by atoms with E-state index < -0.39 is 0 Å². The van der Waals surface area contributed by atoms with Crippen LogP contribution in [0.25, 0.3) is 6.08 Å². The van der Waals surface area contributed by atoms with Gasteiger partial charge in [-0.1, -0.05) is 12.1 Å². The third kappa shape index (κ3) is 1.68. The second kappa shape index (κ2) is 4.07. The average molecular weight is 240 g/mol. The lowest BCUT2D eigenvalue weighted by Gasteiger charge is -1.97. The van der Waals surface area contributed by atoms with Crippen LogP contribution in [0.5, 0.6) is 5.88 Å². The minimum absolute atomic E-state index is 0.0131. The van der Waals surface area contributed by atoms with E-state index in [0.29, 0.717) is 17.1 Å². The first-order chi connectivity index (χ1) is 8.78. The van der Waals surface area contributed by atoms with Gasteiger partial charge in [0.15, 0.2) is 5.88 Å². The number of H-pyrrole nitrogens is 1. The van der Waals surface area contributed by atoms with Crippen LogP contribution in [-0.2, 0) is 0 Å². The minimum atomic E-state index is 0.0131. The monoisotopic (exact) mass is 240 g/mol. The number of carbonyl (C=O) groups excluding carboxylic acids is 1. The van der Waals surface area contributed by atoms with E-state index in [9.17, 15) is 4.79 Å². The number of methoxy groups -OCH3 is 1. The zero-order valence-electron chi connectivity index (χ0n) is 9.86. The van der Waals surface area contributed by atoms with Crippen LogP contribution in [0.3, 0.4) is 0 Å². The molecule has 90 valence electrons. The lowest BCUT2D eigenvalue weighted by molar-refractivity contribution is 0.104. The maximum Gasteiger partial charge on any atom is 0.211 e. The molecule has 0 radical (unpaired) electrons. The molecule has 4 nitrogen and oxygen atoms in total. The molecule has 0 saturated carbocycles. The molecule has 0 saturated heterocycles. The van der Waals surface area contributed by atoms with Crippen LogP contribution in [0.15, 0.2) is 42.1 Å². The number of carbonyl (C=O) groups is 1. The van der Waals surface area contributed by atoms with Crippen molar-refractivity contribution in [3.8, 4) is 5.88 Å². The highest BCUT2D eigenvalue weighted by Gasteiger charge is 2.23. The van der Waals surface area contributed by atoms with Crippen molar-refractivity contribution < 1.29 is 9.53 Å². The second-order valence-electron chi connectivity index (χ2n) is 4.04. The number of rotatable bonds is 2. The number of hydrogen-bond donors (Lipinski definition) is 2.